The topological polar surface area (TPSA) is 0 Å². The zero-order valence-corrected chi connectivity index (χ0v) is 10.8. The van der Waals surface area contributed by atoms with Crippen molar-refractivity contribution in [1.29, 1.82) is 0 Å². The first kappa shape index (κ1) is 10.8. The van der Waals surface area contributed by atoms with Gasteiger partial charge in [0, 0.05) is 5.92 Å². The predicted molar refractivity (Wildman–Crippen MR) is 80.8 cm³/mol. The first-order chi connectivity index (χ1) is 9.43. The van der Waals surface area contributed by atoms with Crippen LogP contribution in [0.1, 0.15) is 29.9 Å². The molecule has 0 heterocycles. The second kappa shape index (κ2) is 4.24. The van der Waals surface area contributed by atoms with Gasteiger partial charge in [0.1, 0.15) is 0 Å². The SMILES string of the molecule is C1=CCC(C2=Cc3ccccc3C2C2=CC=CC2)=C1. The summed E-state index contributed by atoms with van der Waals surface area (Å²) in [5.74, 6) is 0.470. The van der Waals surface area contributed by atoms with Gasteiger partial charge in [0.2, 0.25) is 0 Å². The highest BCUT2D eigenvalue weighted by Gasteiger charge is 2.29. The van der Waals surface area contributed by atoms with Crippen LogP contribution in [0.2, 0.25) is 0 Å². The molecule has 0 spiro atoms. The van der Waals surface area contributed by atoms with Gasteiger partial charge in [0.05, 0.1) is 0 Å². The summed E-state index contributed by atoms with van der Waals surface area (Å²) in [4.78, 5) is 0. The molecule has 0 saturated carbocycles. The van der Waals surface area contributed by atoms with E-state index >= 15 is 0 Å². The van der Waals surface area contributed by atoms with E-state index in [1.165, 1.54) is 27.8 Å². The summed E-state index contributed by atoms with van der Waals surface area (Å²) in [6.07, 6.45) is 18.0. The Morgan fingerprint density at radius 1 is 0.895 bits per heavy atom. The number of allylic oxidation sites excluding steroid dienone is 9. The minimum atomic E-state index is 0.470. The van der Waals surface area contributed by atoms with Crippen molar-refractivity contribution in [2.24, 2.45) is 0 Å². The lowest BCUT2D eigenvalue weighted by atomic mass is 9.84. The molecule has 3 aliphatic carbocycles. The third-order valence-electron chi connectivity index (χ3n) is 4.24. The molecule has 1 aromatic rings. The van der Waals surface area contributed by atoms with Crippen LogP contribution in [0.25, 0.3) is 6.08 Å². The zero-order valence-electron chi connectivity index (χ0n) is 10.8. The molecule has 0 bridgehead atoms. The fourth-order valence-corrected chi connectivity index (χ4v) is 3.34. The van der Waals surface area contributed by atoms with E-state index in [0.29, 0.717) is 5.92 Å². The number of rotatable bonds is 2. The summed E-state index contributed by atoms with van der Waals surface area (Å²) in [6.45, 7) is 0. The highest BCUT2D eigenvalue weighted by atomic mass is 14.3. The summed E-state index contributed by atoms with van der Waals surface area (Å²) < 4.78 is 0. The van der Waals surface area contributed by atoms with Crippen LogP contribution in [-0.4, -0.2) is 0 Å². The number of hydrogen-bond acceptors (Lipinski definition) is 0. The summed E-state index contributed by atoms with van der Waals surface area (Å²) in [7, 11) is 0. The largest absolute Gasteiger partial charge is 0.0804 e. The number of benzene rings is 1. The van der Waals surface area contributed by atoms with E-state index < -0.39 is 0 Å². The van der Waals surface area contributed by atoms with E-state index in [1.54, 1.807) is 0 Å². The lowest BCUT2D eigenvalue weighted by Crippen LogP contribution is -2.03. The molecule has 1 atom stereocenters. The summed E-state index contributed by atoms with van der Waals surface area (Å²) >= 11 is 0. The van der Waals surface area contributed by atoms with E-state index in [0.717, 1.165) is 12.8 Å². The van der Waals surface area contributed by atoms with Crippen LogP contribution in [0.4, 0.5) is 0 Å². The molecule has 0 aliphatic heterocycles. The smallest absolute Gasteiger partial charge is 0.0314 e. The molecule has 3 aliphatic rings. The number of hydrogen-bond donors (Lipinski definition) is 0. The Morgan fingerprint density at radius 3 is 2.53 bits per heavy atom. The Kier molecular flexibility index (Phi) is 2.41. The third-order valence-corrected chi connectivity index (χ3v) is 4.24. The van der Waals surface area contributed by atoms with Gasteiger partial charge in [-0.1, -0.05) is 72.4 Å². The van der Waals surface area contributed by atoms with Gasteiger partial charge in [-0.3, -0.25) is 0 Å². The van der Waals surface area contributed by atoms with Crippen molar-refractivity contribution in [2.45, 2.75) is 18.8 Å². The summed E-state index contributed by atoms with van der Waals surface area (Å²) in [6, 6.07) is 8.82. The van der Waals surface area contributed by atoms with Crippen LogP contribution >= 0.6 is 0 Å². The van der Waals surface area contributed by atoms with Crippen molar-refractivity contribution in [3.8, 4) is 0 Å². The van der Waals surface area contributed by atoms with Crippen LogP contribution in [0, 0.1) is 0 Å². The molecule has 0 heteroatoms. The van der Waals surface area contributed by atoms with Crippen molar-refractivity contribution in [1.82, 2.24) is 0 Å². The van der Waals surface area contributed by atoms with Crippen molar-refractivity contribution in [2.75, 3.05) is 0 Å². The standard InChI is InChI=1S/C19H16/c1-2-8-14(7-1)18-13-16-11-5-6-12-17(16)19(18)15-9-3-4-10-15/h1-7,9,11-13,19H,8,10H2. The molecule has 4 rings (SSSR count). The average molecular weight is 244 g/mol. The molecule has 1 aromatic carbocycles. The molecule has 1 unspecified atom stereocenters. The molecule has 0 aromatic heterocycles. The molecule has 0 N–H and O–H groups in total. The molecular formula is C19H16. The highest BCUT2D eigenvalue weighted by Crippen LogP contribution is 2.47. The van der Waals surface area contributed by atoms with Crippen LogP contribution in [0.3, 0.4) is 0 Å². The maximum Gasteiger partial charge on any atom is 0.0314 e. The van der Waals surface area contributed by atoms with Crippen LogP contribution in [-0.2, 0) is 0 Å². The summed E-state index contributed by atoms with van der Waals surface area (Å²) in [5, 5.41) is 0. The maximum atomic E-state index is 2.39. The molecule has 19 heavy (non-hydrogen) atoms. The van der Waals surface area contributed by atoms with Gasteiger partial charge in [-0.2, -0.15) is 0 Å². The maximum absolute atomic E-state index is 2.39. The lowest BCUT2D eigenvalue weighted by Gasteiger charge is -2.19. The van der Waals surface area contributed by atoms with Crippen molar-refractivity contribution < 1.29 is 0 Å². The van der Waals surface area contributed by atoms with Gasteiger partial charge in [0.15, 0.2) is 0 Å². The third kappa shape index (κ3) is 1.67. The van der Waals surface area contributed by atoms with Gasteiger partial charge in [-0.05, 0) is 35.1 Å². The van der Waals surface area contributed by atoms with Gasteiger partial charge >= 0.3 is 0 Å². The fraction of sp³-hybridized carbons (Fsp3) is 0.158. The minimum absolute atomic E-state index is 0.470. The highest BCUT2D eigenvalue weighted by molar-refractivity contribution is 5.74. The molecular weight excluding hydrogens is 228 g/mol. The molecule has 0 radical (unpaired) electrons. The lowest BCUT2D eigenvalue weighted by molar-refractivity contribution is 0.918. The van der Waals surface area contributed by atoms with Gasteiger partial charge in [-0.25, -0.2) is 0 Å². The van der Waals surface area contributed by atoms with E-state index in [4.69, 9.17) is 0 Å². The second-order valence-electron chi connectivity index (χ2n) is 5.36. The van der Waals surface area contributed by atoms with Crippen molar-refractivity contribution >= 4 is 6.08 Å². The Balaban J connectivity index is 1.82. The van der Waals surface area contributed by atoms with Crippen LogP contribution in [0.5, 0.6) is 0 Å². The molecule has 0 amide bonds. The fourth-order valence-electron chi connectivity index (χ4n) is 3.34. The monoisotopic (exact) mass is 244 g/mol. The molecule has 0 saturated heterocycles. The van der Waals surface area contributed by atoms with Gasteiger partial charge in [0.25, 0.3) is 0 Å². The quantitative estimate of drug-likeness (QED) is 0.691. The zero-order chi connectivity index (χ0) is 12.7. The van der Waals surface area contributed by atoms with Crippen molar-refractivity contribution in [3.63, 3.8) is 0 Å². The van der Waals surface area contributed by atoms with E-state index in [-0.39, 0.29) is 0 Å². The number of fused-ring (bicyclic) bond motifs is 1. The van der Waals surface area contributed by atoms with E-state index in [2.05, 4.69) is 66.8 Å². The first-order valence-electron chi connectivity index (χ1n) is 6.96. The van der Waals surface area contributed by atoms with Gasteiger partial charge in [-0.15, -0.1) is 0 Å². The second-order valence-corrected chi connectivity index (χ2v) is 5.36. The molecule has 0 fully saturated rings. The normalized spacial score (nSPS) is 23.4. The van der Waals surface area contributed by atoms with Crippen LogP contribution < -0.4 is 0 Å². The Labute approximate surface area is 114 Å². The average Bonchev–Trinajstić information content (AvgIpc) is 3.17. The molecule has 0 nitrogen and oxygen atoms in total. The summed E-state index contributed by atoms with van der Waals surface area (Å²) in [5.41, 5.74) is 7.38. The van der Waals surface area contributed by atoms with Gasteiger partial charge < -0.3 is 0 Å². The first-order valence-corrected chi connectivity index (χ1v) is 6.96. The Bertz CT molecular complexity index is 678. The molecule has 92 valence electrons. The minimum Gasteiger partial charge on any atom is -0.0804 e. The van der Waals surface area contributed by atoms with E-state index in [9.17, 15) is 0 Å². The predicted octanol–water partition coefficient (Wildman–Crippen LogP) is 4.94. The van der Waals surface area contributed by atoms with Crippen LogP contribution in [0.15, 0.2) is 77.4 Å². The Morgan fingerprint density at radius 2 is 1.74 bits per heavy atom. The van der Waals surface area contributed by atoms with E-state index in [1.807, 2.05) is 0 Å². The Hall–Kier alpha value is -2.08. The van der Waals surface area contributed by atoms with Crippen molar-refractivity contribution in [3.05, 3.63) is 88.6 Å².